The third kappa shape index (κ3) is 4.98. The van der Waals surface area contributed by atoms with E-state index in [1.807, 2.05) is 6.07 Å². The Hall–Kier alpha value is -0.0599. The van der Waals surface area contributed by atoms with E-state index in [4.69, 9.17) is 38.2 Å². The summed E-state index contributed by atoms with van der Waals surface area (Å²) in [5, 5.41) is 17.3. The number of aliphatic carboxylic acids is 1. The van der Waals surface area contributed by atoms with Crippen molar-refractivity contribution in [3.8, 4) is 5.75 Å². The minimum absolute atomic E-state index is 0.0139. The van der Waals surface area contributed by atoms with E-state index in [9.17, 15) is 0 Å². The maximum absolute atomic E-state index is 9.16. The van der Waals surface area contributed by atoms with Gasteiger partial charge in [0.05, 0.1) is 0 Å². The van der Waals surface area contributed by atoms with E-state index in [-0.39, 0.29) is 5.75 Å². The van der Waals surface area contributed by atoms with Gasteiger partial charge < -0.3 is 5.11 Å². The van der Waals surface area contributed by atoms with Gasteiger partial charge in [-0.25, -0.2) is 0 Å². The fraction of sp³-hybridized carbons (Fsp3) is 0.125. The molecule has 0 aliphatic rings. The number of benzene rings is 1. The predicted molar refractivity (Wildman–Crippen MR) is 59.6 cm³/mol. The fourth-order valence-corrected chi connectivity index (χ4v) is 2.16. The van der Waals surface area contributed by atoms with Crippen LogP contribution in [0.5, 0.6) is 5.75 Å². The van der Waals surface area contributed by atoms with Crippen molar-refractivity contribution in [1.82, 2.24) is 0 Å². The predicted octanol–water partition coefficient (Wildman–Crippen LogP) is 1.05. The van der Waals surface area contributed by atoms with E-state index >= 15 is 0 Å². The van der Waals surface area contributed by atoms with Crippen LogP contribution in [0, 0.1) is 0 Å². The van der Waals surface area contributed by atoms with Crippen LogP contribution in [0.4, 0.5) is 0 Å². The molecule has 0 aliphatic carbocycles. The standard InChI is InChI=1S/C6H3Cl2O.C2H4O2.In.2H/c7-4-2-1-3-5(8)6(4)9;1-2(3)4;;;/h1-2,9H;1H3,(H,3,4);;;. The number of halogens is 2. The zero-order valence-electron chi connectivity index (χ0n) is 7.71. The average molecular weight is 339 g/mol. The molecular weight excluding hydrogens is 330 g/mol. The summed E-state index contributed by atoms with van der Waals surface area (Å²) in [5.74, 6) is -0.819. The Morgan fingerprint density at radius 1 is 1.43 bits per heavy atom. The molecule has 0 atom stereocenters. The van der Waals surface area contributed by atoms with Crippen LogP contribution in [0.15, 0.2) is 12.1 Å². The number of hydrogen-bond acceptors (Lipinski definition) is 2. The van der Waals surface area contributed by atoms with Gasteiger partial charge in [-0.15, -0.1) is 0 Å². The van der Waals surface area contributed by atoms with Crippen LogP contribution in [0.3, 0.4) is 0 Å². The normalized spacial score (nSPS) is 8.79. The van der Waals surface area contributed by atoms with Crippen molar-refractivity contribution < 1.29 is 15.0 Å². The van der Waals surface area contributed by atoms with Crippen LogP contribution in [0.25, 0.3) is 0 Å². The molecule has 1 rings (SSSR count). The van der Waals surface area contributed by atoms with Gasteiger partial charge in [0.25, 0.3) is 5.97 Å². The molecule has 3 nitrogen and oxygen atoms in total. The van der Waals surface area contributed by atoms with Gasteiger partial charge in [0.1, 0.15) is 0 Å². The van der Waals surface area contributed by atoms with Crippen molar-refractivity contribution >= 4 is 56.9 Å². The van der Waals surface area contributed by atoms with Gasteiger partial charge in [-0.2, -0.15) is 0 Å². The fourth-order valence-electron chi connectivity index (χ4n) is 0.642. The molecule has 2 N–H and O–H groups in total. The molecule has 14 heavy (non-hydrogen) atoms. The van der Waals surface area contributed by atoms with E-state index in [1.165, 1.54) is 0 Å². The van der Waals surface area contributed by atoms with Crippen LogP contribution < -0.4 is 3.32 Å². The monoisotopic (exact) mass is 338 g/mol. The number of phenolic OH excluding ortho intramolecular Hbond substituents is 1. The Morgan fingerprint density at radius 3 is 2.21 bits per heavy atom. The molecule has 0 heterocycles. The summed E-state index contributed by atoms with van der Waals surface area (Å²) in [6.45, 7) is 1.08. The average Bonchev–Trinajstić information content (AvgIpc) is 2.07. The molecular formula is C8H9Cl2InO3. The Balaban J connectivity index is 0.000000364. The summed E-state index contributed by atoms with van der Waals surface area (Å²) in [4.78, 5) is 9.00. The molecule has 1 aromatic carbocycles. The van der Waals surface area contributed by atoms with Crippen LogP contribution in [0.2, 0.25) is 10.0 Å². The second-order valence-corrected chi connectivity index (χ2v) is 6.41. The molecule has 0 aliphatic heterocycles. The number of phenols is 1. The van der Waals surface area contributed by atoms with Crippen LogP contribution in [0.1, 0.15) is 6.92 Å². The molecule has 0 aromatic heterocycles. The first-order chi connectivity index (χ1) is 6.36. The van der Waals surface area contributed by atoms with Crippen LogP contribution in [-0.2, 0) is 4.79 Å². The van der Waals surface area contributed by atoms with Crippen molar-refractivity contribution in [3.63, 3.8) is 0 Å². The molecule has 76 valence electrons. The van der Waals surface area contributed by atoms with Gasteiger partial charge in [0.15, 0.2) is 0 Å². The van der Waals surface area contributed by atoms with E-state index in [2.05, 4.69) is 0 Å². The van der Waals surface area contributed by atoms with Crippen LogP contribution in [-0.4, -0.2) is 40.6 Å². The van der Waals surface area contributed by atoms with Gasteiger partial charge in [-0.1, -0.05) is 0 Å². The summed E-state index contributed by atoms with van der Waals surface area (Å²) >= 11 is 11.6. The van der Waals surface area contributed by atoms with Gasteiger partial charge in [0.2, 0.25) is 0 Å². The molecule has 0 bridgehead atoms. The van der Waals surface area contributed by atoms with Crippen molar-refractivity contribution in [1.29, 1.82) is 0 Å². The third-order valence-electron chi connectivity index (χ3n) is 1.26. The summed E-state index contributed by atoms with van der Waals surface area (Å²) in [5.41, 5.74) is 0. The van der Waals surface area contributed by atoms with Crippen LogP contribution >= 0.6 is 23.2 Å². The Labute approximate surface area is 106 Å². The topological polar surface area (TPSA) is 57.5 Å². The molecule has 0 fully saturated rings. The third-order valence-corrected chi connectivity index (χ3v) is 5.33. The molecule has 0 amide bonds. The second kappa shape index (κ2) is 6.43. The maximum atomic E-state index is 9.16. The summed E-state index contributed by atoms with van der Waals surface area (Å²) < 4.78 is 1.03. The molecule has 0 saturated heterocycles. The summed E-state index contributed by atoms with van der Waals surface area (Å²) in [6.07, 6.45) is 0. The number of carboxylic acids is 1. The molecule has 0 saturated carbocycles. The number of hydrogen-bond donors (Lipinski definition) is 2. The molecule has 0 spiro atoms. The number of carbonyl (C=O) groups is 1. The molecule has 0 radical (unpaired) electrons. The summed E-state index contributed by atoms with van der Waals surface area (Å²) in [7, 11) is 0. The van der Waals surface area contributed by atoms with E-state index in [0.29, 0.717) is 34.4 Å². The van der Waals surface area contributed by atoms with Crippen molar-refractivity contribution in [2.24, 2.45) is 0 Å². The number of aromatic hydroxyl groups is 1. The summed E-state index contributed by atoms with van der Waals surface area (Å²) in [6, 6.07) is 3.51. The zero-order chi connectivity index (χ0) is 11.3. The van der Waals surface area contributed by atoms with E-state index < -0.39 is 5.97 Å². The van der Waals surface area contributed by atoms with Gasteiger partial charge >= 0.3 is 83.9 Å². The number of carboxylic acid groups (broad SMARTS) is 1. The van der Waals surface area contributed by atoms with E-state index in [0.717, 1.165) is 10.2 Å². The Kier molecular flexibility index (Phi) is 6.40. The quantitative estimate of drug-likeness (QED) is 0.743. The minimum atomic E-state index is -0.833. The molecule has 1 aromatic rings. The first-order valence-electron chi connectivity index (χ1n) is 3.69. The van der Waals surface area contributed by atoms with Gasteiger partial charge in [-0.3, -0.25) is 4.79 Å². The number of rotatable bonds is 0. The first-order valence-corrected chi connectivity index (χ1v) is 7.30. The first kappa shape index (κ1) is 13.9. The Morgan fingerprint density at radius 2 is 1.86 bits per heavy atom. The SMILES string of the molecule is CC(=O)O.Oc1c(Cl)cc[c]([InH2])c1Cl. The van der Waals surface area contributed by atoms with Gasteiger partial charge in [0, 0.05) is 6.92 Å². The molecule has 6 heteroatoms. The Bertz CT molecular complexity index is 311. The van der Waals surface area contributed by atoms with Crippen molar-refractivity contribution in [2.75, 3.05) is 0 Å². The van der Waals surface area contributed by atoms with Crippen molar-refractivity contribution in [3.05, 3.63) is 22.2 Å². The van der Waals surface area contributed by atoms with E-state index in [1.54, 1.807) is 6.07 Å². The molecule has 0 unspecified atom stereocenters. The van der Waals surface area contributed by atoms with Crippen molar-refractivity contribution in [2.45, 2.75) is 6.92 Å². The van der Waals surface area contributed by atoms with Gasteiger partial charge in [-0.05, 0) is 0 Å². The second-order valence-electron chi connectivity index (χ2n) is 2.55. The zero-order valence-corrected chi connectivity index (χ0v) is 14.9.